The summed E-state index contributed by atoms with van der Waals surface area (Å²) in [7, 11) is 1.79. The lowest BCUT2D eigenvalue weighted by molar-refractivity contribution is -0.384. The number of unbranched alkanes of at least 4 members (excludes halogenated alkanes) is 1. The molecule has 6 nitrogen and oxygen atoms in total. The normalized spacial score (nSPS) is 10.5. The molecule has 0 bridgehead atoms. The molecule has 0 unspecified atom stereocenters. The van der Waals surface area contributed by atoms with Crippen molar-refractivity contribution in [2.45, 2.75) is 12.8 Å². The van der Waals surface area contributed by atoms with Gasteiger partial charge in [0.05, 0.1) is 4.92 Å². The van der Waals surface area contributed by atoms with Gasteiger partial charge in [0.2, 0.25) is 0 Å². The summed E-state index contributed by atoms with van der Waals surface area (Å²) in [4.78, 5) is 23.0. The number of anilines is 1. The summed E-state index contributed by atoms with van der Waals surface area (Å²) in [5.74, 6) is -1.09. The minimum atomic E-state index is -1.09. The molecule has 1 aromatic carbocycles. The van der Waals surface area contributed by atoms with Crippen LogP contribution in [0.25, 0.3) is 6.08 Å². The SMILES string of the molecule is C=CCCCN(C)c1ccc(/C=C/C(=O)O)cc1[N+](=O)[O-]. The van der Waals surface area contributed by atoms with Gasteiger partial charge in [0.1, 0.15) is 5.69 Å². The Morgan fingerprint density at radius 3 is 2.81 bits per heavy atom. The van der Waals surface area contributed by atoms with Crippen LogP contribution in [0.2, 0.25) is 0 Å². The Bertz CT molecular complexity index is 567. The number of aliphatic carboxylic acids is 1. The van der Waals surface area contributed by atoms with Crippen molar-refractivity contribution in [3.8, 4) is 0 Å². The van der Waals surface area contributed by atoms with Crippen LogP contribution in [0.15, 0.2) is 36.9 Å². The summed E-state index contributed by atoms with van der Waals surface area (Å²) in [5.41, 5.74) is 0.951. The molecular weight excluding hydrogens is 272 g/mol. The van der Waals surface area contributed by atoms with Gasteiger partial charge in [-0.3, -0.25) is 10.1 Å². The molecule has 112 valence electrons. The van der Waals surface area contributed by atoms with E-state index in [9.17, 15) is 14.9 Å². The molecule has 0 saturated heterocycles. The second-order valence-corrected chi connectivity index (χ2v) is 4.53. The van der Waals surface area contributed by atoms with E-state index in [0.29, 0.717) is 17.8 Å². The molecule has 0 atom stereocenters. The standard InChI is InChI=1S/C15H18N2O4/c1-3-4-5-10-16(2)13-8-6-12(7-9-15(18)19)11-14(13)17(20)21/h3,6-9,11H,1,4-5,10H2,2H3,(H,18,19)/b9-7+. The van der Waals surface area contributed by atoms with Crippen LogP contribution in [0.1, 0.15) is 18.4 Å². The fraction of sp³-hybridized carbons (Fsp3) is 0.267. The molecule has 21 heavy (non-hydrogen) atoms. The maximum absolute atomic E-state index is 11.2. The number of hydrogen-bond acceptors (Lipinski definition) is 4. The summed E-state index contributed by atoms with van der Waals surface area (Å²) >= 11 is 0. The number of allylic oxidation sites excluding steroid dienone is 1. The van der Waals surface area contributed by atoms with Gasteiger partial charge in [0.15, 0.2) is 0 Å². The van der Waals surface area contributed by atoms with Crippen molar-refractivity contribution in [1.29, 1.82) is 0 Å². The van der Waals surface area contributed by atoms with Crippen molar-refractivity contribution in [2.24, 2.45) is 0 Å². The van der Waals surface area contributed by atoms with Crippen LogP contribution in [-0.4, -0.2) is 29.6 Å². The van der Waals surface area contributed by atoms with Crippen LogP contribution in [0.4, 0.5) is 11.4 Å². The predicted octanol–water partition coefficient (Wildman–Crippen LogP) is 3.10. The Morgan fingerprint density at radius 1 is 1.52 bits per heavy atom. The van der Waals surface area contributed by atoms with Crippen molar-refractivity contribution in [2.75, 3.05) is 18.5 Å². The lowest BCUT2D eigenvalue weighted by Crippen LogP contribution is -2.19. The van der Waals surface area contributed by atoms with Crippen LogP contribution >= 0.6 is 0 Å². The van der Waals surface area contributed by atoms with E-state index in [-0.39, 0.29) is 5.69 Å². The average Bonchev–Trinajstić information content (AvgIpc) is 2.44. The van der Waals surface area contributed by atoms with Gasteiger partial charge in [0, 0.05) is 25.7 Å². The monoisotopic (exact) mass is 290 g/mol. The Balaban J connectivity index is 3.01. The van der Waals surface area contributed by atoms with E-state index in [1.165, 1.54) is 12.1 Å². The Labute approximate surface area is 123 Å². The van der Waals surface area contributed by atoms with Crippen molar-refractivity contribution in [1.82, 2.24) is 0 Å². The number of benzene rings is 1. The highest BCUT2D eigenvalue weighted by Crippen LogP contribution is 2.29. The molecule has 0 aliphatic carbocycles. The molecule has 0 amide bonds. The molecule has 0 aromatic heterocycles. The summed E-state index contributed by atoms with van der Waals surface area (Å²) in [6.45, 7) is 4.32. The first-order chi connectivity index (χ1) is 9.95. The second kappa shape index (κ2) is 7.84. The van der Waals surface area contributed by atoms with E-state index in [0.717, 1.165) is 18.9 Å². The highest BCUT2D eigenvalue weighted by Gasteiger charge is 2.17. The summed E-state index contributed by atoms with van der Waals surface area (Å²) < 4.78 is 0. The third kappa shape index (κ3) is 5.10. The third-order valence-electron chi connectivity index (χ3n) is 2.93. The Morgan fingerprint density at radius 2 is 2.24 bits per heavy atom. The summed E-state index contributed by atoms with van der Waals surface area (Å²) in [6, 6.07) is 4.66. The molecule has 0 radical (unpaired) electrons. The van der Waals surface area contributed by atoms with E-state index in [4.69, 9.17) is 5.11 Å². The molecular formula is C15H18N2O4. The Kier molecular flexibility index (Phi) is 6.13. The highest BCUT2D eigenvalue weighted by molar-refractivity contribution is 5.85. The van der Waals surface area contributed by atoms with Crippen molar-refractivity contribution < 1.29 is 14.8 Å². The van der Waals surface area contributed by atoms with E-state index in [1.54, 1.807) is 19.2 Å². The van der Waals surface area contributed by atoms with Gasteiger partial charge < -0.3 is 10.0 Å². The van der Waals surface area contributed by atoms with Crippen LogP contribution in [-0.2, 0) is 4.79 Å². The van der Waals surface area contributed by atoms with Crippen molar-refractivity contribution >= 4 is 23.4 Å². The maximum Gasteiger partial charge on any atom is 0.328 e. The lowest BCUT2D eigenvalue weighted by Gasteiger charge is -2.19. The zero-order chi connectivity index (χ0) is 15.8. The number of hydrogen-bond donors (Lipinski definition) is 1. The van der Waals surface area contributed by atoms with Gasteiger partial charge in [0.25, 0.3) is 5.69 Å². The lowest BCUT2D eigenvalue weighted by atomic mass is 10.1. The number of nitrogens with zero attached hydrogens (tertiary/aromatic N) is 2. The van der Waals surface area contributed by atoms with Gasteiger partial charge in [-0.2, -0.15) is 0 Å². The van der Waals surface area contributed by atoms with Crippen LogP contribution < -0.4 is 4.90 Å². The minimum Gasteiger partial charge on any atom is -0.478 e. The first-order valence-electron chi connectivity index (χ1n) is 6.47. The molecule has 0 spiro atoms. The molecule has 0 saturated carbocycles. The second-order valence-electron chi connectivity index (χ2n) is 4.53. The van der Waals surface area contributed by atoms with E-state index < -0.39 is 10.9 Å². The van der Waals surface area contributed by atoms with E-state index in [1.807, 2.05) is 11.0 Å². The number of carboxylic acids is 1. The van der Waals surface area contributed by atoms with Gasteiger partial charge in [-0.15, -0.1) is 6.58 Å². The Hall–Kier alpha value is -2.63. The quantitative estimate of drug-likeness (QED) is 0.261. The molecule has 1 N–H and O–H groups in total. The number of rotatable bonds is 8. The fourth-order valence-corrected chi connectivity index (χ4v) is 1.87. The smallest absolute Gasteiger partial charge is 0.328 e. The predicted molar refractivity (Wildman–Crippen MR) is 82.5 cm³/mol. The topological polar surface area (TPSA) is 83.7 Å². The van der Waals surface area contributed by atoms with E-state index in [2.05, 4.69) is 6.58 Å². The molecule has 0 heterocycles. The number of nitro groups is 1. The zero-order valence-electron chi connectivity index (χ0n) is 11.9. The third-order valence-corrected chi connectivity index (χ3v) is 2.93. The van der Waals surface area contributed by atoms with Gasteiger partial charge in [-0.1, -0.05) is 12.1 Å². The van der Waals surface area contributed by atoms with Crippen molar-refractivity contribution in [3.63, 3.8) is 0 Å². The number of carboxylic acid groups (broad SMARTS) is 1. The zero-order valence-corrected chi connectivity index (χ0v) is 11.9. The fourth-order valence-electron chi connectivity index (χ4n) is 1.87. The van der Waals surface area contributed by atoms with Crippen LogP contribution in [0.3, 0.4) is 0 Å². The van der Waals surface area contributed by atoms with E-state index >= 15 is 0 Å². The molecule has 0 aliphatic rings. The number of nitro benzene ring substituents is 1. The van der Waals surface area contributed by atoms with Crippen LogP contribution in [0, 0.1) is 10.1 Å². The van der Waals surface area contributed by atoms with Gasteiger partial charge in [-0.05, 0) is 30.5 Å². The van der Waals surface area contributed by atoms with Gasteiger partial charge >= 0.3 is 5.97 Å². The molecule has 1 rings (SSSR count). The van der Waals surface area contributed by atoms with Gasteiger partial charge in [-0.25, -0.2) is 4.79 Å². The average molecular weight is 290 g/mol. The molecule has 0 fully saturated rings. The molecule has 0 aliphatic heterocycles. The largest absolute Gasteiger partial charge is 0.478 e. The highest BCUT2D eigenvalue weighted by atomic mass is 16.6. The summed E-state index contributed by atoms with van der Waals surface area (Å²) in [6.07, 6.45) is 5.79. The minimum absolute atomic E-state index is 0.0383. The first-order valence-corrected chi connectivity index (χ1v) is 6.47. The first kappa shape index (κ1) is 16.4. The molecule has 1 aromatic rings. The van der Waals surface area contributed by atoms with Crippen LogP contribution in [0.5, 0.6) is 0 Å². The number of carbonyl (C=O) groups is 1. The molecule has 6 heteroatoms. The maximum atomic E-state index is 11.2. The van der Waals surface area contributed by atoms with Crippen molar-refractivity contribution in [3.05, 3.63) is 52.6 Å². The summed E-state index contributed by atoms with van der Waals surface area (Å²) in [5, 5.41) is 19.7.